The fraction of sp³-hybridized carbons (Fsp3) is 0.417. The largest absolute Gasteiger partial charge is 0.376 e. The quantitative estimate of drug-likeness (QED) is 0.922. The zero-order chi connectivity index (χ0) is 12.4. The lowest BCUT2D eigenvalue weighted by atomic mass is 10.2. The minimum absolute atomic E-state index is 0.263. The third kappa shape index (κ3) is 2.23. The number of pyridine rings is 1. The summed E-state index contributed by atoms with van der Waals surface area (Å²) in [6.07, 6.45) is 5.90. The summed E-state index contributed by atoms with van der Waals surface area (Å²) in [7, 11) is 0. The Morgan fingerprint density at radius 1 is 1.39 bits per heavy atom. The van der Waals surface area contributed by atoms with E-state index in [0.717, 1.165) is 42.6 Å². The van der Waals surface area contributed by atoms with Gasteiger partial charge in [0.05, 0.1) is 6.10 Å². The van der Waals surface area contributed by atoms with Crippen molar-refractivity contribution in [2.24, 2.45) is 0 Å². The monoisotopic (exact) mass is 264 g/mol. The van der Waals surface area contributed by atoms with Gasteiger partial charge in [0.25, 0.3) is 0 Å². The second-order valence-corrected chi connectivity index (χ2v) is 4.63. The van der Waals surface area contributed by atoms with Crippen LogP contribution in [0, 0.1) is 0 Å². The third-order valence-corrected chi connectivity index (χ3v) is 3.34. The molecular weight excluding hydrogens is 252 g/mol. The van der Waals surface area contributed by atoms with Gasteiger partial charge < -0.3 is 10.1 Å². The summed E-state index contributed by atoms with van der Waals surface area (Å²) in [6.45, 7) is 1.59. The molecule has 0 aromatic carbocycles. The molecule has 2 aromatic heterocycles. The van der Waals surface area contributed by atoms with E-state index in [1.165, 1.54) is 0 Å². The molecule has 0 radical (unpaired) electrons. The van der Waals surface area contributed by atoms with Gasteiger partial charge in [0.2, 0.25) is 0 Å². The van der Waals surface area contributed by atoms with Crippen LogP contribution in [0.15, 0.2) is 18.5 Å². The maximum absolute atomic E-state index is 5.99. The Bertz CT molecular complexity index is 557. The van der Waals surface area contributed by atoms with E-state index in [1.54, 1.807) is 12.4 Å². The van der Waals surface area contributed by atoms with Crippen molar-refractivity contribution in [3.63, 3.8) is 0 Å². The highest BCUT2D eigenvalue weighted by atomic mass is 35.5. The average Bonchev–Trinajstić information content (AvgIpc) is 2.92. The standard InChI is InChI=1S/C12H13ClN4O/c13-11-10-7-14-4-3-9(10)12(17-16-11)15-6-8-2-1-5-18-8/h3-4,7-8H,1-2,5-6H2,(H,15,17)/t8-/m0/s1. The Labute approximate surface area is 110 Å². The van der Waals surface area contributed by atoms with Crippen LogP contribution in [0.1, 0.15) is 12.8 Å². The van der Waals surface area contributed by atoms with Crippen LogP contribution in [0.2, 0.25) is 5.15 Å². The van der Waals surface area contributed by atoms with Crippen LogP contribution >= 0.6 is 11.6 Å². The summed E-state index contributed by atoms with van der Waals surface area (Å²) >= 11 is 5.99. The van der Waals surface area contributed by atoms with E-state index in [0.29, 0.717) is 5.15 Å². The minimum Gasteiger partial charge on any atom is -0.376 e. The number of nitrogens with zero attached hydrogens (tertiary/aromatic N) is 3. The Kier molecular flexibility index (Phi) is 3.25. The van der Waals surface area contributed by atoms with Crippen molar-refractivity contribution in [1.29, 1.82) is 0 Å². The lowest BCUT2D eigenvalue weighted by molar-refractivity contribution is 0.120. The first kappa shape index (κ1) is 11.6. The van der Waals surface area contributed by atoms with Gasteiger partial charge >= 0.3 is 0 Å². The van der Waals surface area contributed by atoms with Crippen LogP contribution in [-0.2, 0) is 4.74 Å². The van der Waals surface area contributed by atoms with Crippen molar-refractivity contribution in [2.45, 2.75) is 18.9 Å². The SMILES string of the molecule is Clc1nnc(NC[C@@H]2CCCO2)c2ccncc12. The number of anilines is 1. The van der Waals surface area contributed by atoms with Crippen LogP contribution in [0.25, 0.3) is 10.8 Å². The zero-order valence-corrected chi connectivity index (χ0v) is 10.5. The van der Waals surface area contributed by atoms with Crippen molar-refractivity contribution >= 4 is 28.2 Å². The van der Waals surface area contributed by atoms with Gasteiger partial charge in [0.1, 0.15) is 0 Å². The highest BCUT2D eigenvalue weighted by Gasteiger charge is 2.16. The Morgan fingerprint density at radius 2 is 2.33 bits per heavy atom. The normalized spacial score (nSPS) is 19.3. The molecule has 3 rings (SSSR count). The molecular formula is C12H13ClN4O. The van der Waals surface area contributed by atoms with Gasteiger partial charge in [-0.2, -0.15) is 0 Å². The maximum atomic E-state index is 5.99. The lowest BCUT2D eigenvalue weighted by Crippen LogP contribution is -2.19. The topological polar surface area (TPSA) is 59.9 Å². The maximum Gasteiger partial charge on any atom is 0.161 e. The molecule has 1 aliphatic rings. The predicted octanol–water partition coefficient (Wildman–Crippen LogP) is 2.27. The summed E-state index contributed by atoms with van der Waals surface area (Å²) < 4.78 is 5.56. The first-order valence-corrected chi connectivity index (χ1v) is 6.34. The second kappa shape index (κ2) is 5.04. The van der Waals surface area contributed by atoms with Gasteiger partial charge in [0.15, 0.2) is 11.0 Å². The molecule has 1 fully saturated rings. The second-order valence-electron chi connectivity index (χ2n) is 4.28. The first-order chi connectivity index (χ1) is 8.84. The van der Waals surface area contributed by atoms with Crippen LogP contribution in [-0.4, -0.2) is 34.4 Å². The lowest BCUT2D eigenvalue weighted by Gasteiger charge is -2.12. The Hall–Kier alpha value is -1.46. The summed E-state index contributed by atoms with van der Waals surface area (Å²) in [5.74, 6) is 0.729. The number of rotatable bonds is 3. The summed E-state index contributed by atoms with van der Waals surface area (Å²) in [6, 6.07) is 1.88. The summed E-state index contributed by atoms with van der Waals surface area (Å²) in [5, 5.41) is 13.4. The molecule has 0 spiro atoms. The molecule has 0 amide bonds. The number of fused-ring (bicyclic) bond motifs is 1. The van der Waals surface area contributed by atoms with Crippen LogP contribution in [0.3, 0.4) is 0 Å². The number of hydrogen-bond acceptors (Lipinski definition) is 5. The molecule has 1 saturated heterocycles. The van der Waals surface area contributed by atoms with E-state index >= 15 is 0 Å². The van der Waals surface area contributed by atoms with E-state index in [9.17, 15) is 0 Å². The third-order valence-electron chi connectivity index (χ3n) is 3.06. The Balaban J connectivity index is 1.85. The molecule has 0 saturated carbocycles. The van der Waals surface area contributed by atoms with Gasteiger partial charge in [-0.05, 0) is 18.9 Å². The molecule has 6 heteroatoms. The molecule has 1 atom stereocenters. The van der Waals surface area contributed by atoms with Crippen molar-refractivity contribution < 1.29 is 4.74 Å². The molecule has 0 bridgehead atoms. The molecule has 5 nitrogen and oxygen atoms in total. The van der Waals surface area contributed by atoms with Crippen molar-refractivity contribution in [3.8, 4) is 0 Å². The molecule has 94 valence electrons. The predicted molar refractivity (Wildman–Crippen MR) is 69.8 cm³/mol. The highest BCUT2D eigenvalue weighted by molar-refractivity contribution is 6.34. The minimum atomic E-state index is 0.263. The Morgan fingerprint density at radius 3 is 3.17 bits per heavy atom. The summed E-state index contributed by atoms with van der Waals surface area (Å²) in [5.41, 5.74) is 0. The fourth-order valence-corrected chi connectivity index (χ4v) is 2.30. The van der Waals surface area contributed by atoms with E-state index < -0.39 is 0 Å². The number of hydrogen-bond donors (Lipinski definition) is 1. The average molecular weight is 265 g/mol. The van der Waals surface area contributed by atoms with Gasteiger partial charge in [-0.25, -0.2) is 0 Å². The number of aromatic nitrogens is 3. The molecule has 2 aromatic rings. The molecule has 1 N–H and O–H groups in total. The molecule has 3 heterocycles. The van der Waals surface area contributed by atoms with Gasteiger partial charge in [0, 0.05) is 36.3 Å². The highest BCUT2D eigenvalue weighted by Crippen LogP contribution is 2.25. The number of halogens is 1. The van der Waals surface area contributed by atoms with Gasteiger partial charge in [-0.3, -0.25) is 4.98 Å². The van der Waals surface area contributed by atoms with Crippen molar-refractivity contribution in [2.75, 3.05) is 18.5 Å². The van der Waals surface area contributed by atoms with Crippen LogP contribution in [0.5, 0.6) is 0 Å². The van der Waals surface area contributed by atoms with E-state index in [4.69, 9.17) is 16.3 Å². The van der Waals surface area contributed by atoms with Crippen molar-refractivity contribution in [1.82, 2.24) is 15.2 Å². The van der Waals surface area contributed by atoms with Gasteiger partial charge in [-0.15, -0.1) is 10.2 Å². The van der Waals surface area contributed by atoms with Crippen molar-refractivity contribution in [3.05, 3.63) is 23.6 Å². The molecule has 0 unspecified atom stereocenters. The fourth-order valence-electron chi connectivity index (χ4n) is 2.11. The number of ether oxygens (including phenoxy) is 1. The molecule has 0 aliphatic carbocycles. The van der Waals surface area contributed by atoms with Crippen LogP contribution in [0.4, 0.5) is 5.82 Å². The number of nitrogens with one attached hydrogen (secondary N) is 1. The van der Waals surface area contributed by atoms with Gasteiger partial charge in [-0.1, -0.05) is 11.6 Å². The van der Waals surface area contributed by atoms with E-state index in [1.807, 2.05) is 6.07 Å². The van der Waals surface area contributed by atoms with E-state index in [-0.39, 0.29) is 6.10 Å². The summed E-state index contributed by atoms with van der Waals surface area (Å²) in [4.78, 5) is 4.05. The first-order valence-electron chi connectivity index (χ1n) is 5.96. The molecule has 18 heavy (non-hydrogen) atoms. The van der Waals surface area contributed by atoms with Crippen LogP contribution < -0.4 is 5.32 Å². The molecule has 1 aliphatic heterocycles. The smallest absolute Gasteiger partial charge is 0.161 e. The zero-order valence-electron chi connectivity index (χ0n) is 9.77. The van der Waals surface area contributed by atoms with E-state index in [2.05, 4.69) is 20.5 Å².